The minimum absolute atomic E-state index is 0.0808. The number of para-hydroxylation sites is 1. The summed E-state index contributed by atoms with van der Waals surface area (Å²) >= 11 is 0. The monoisotopic (exact) mass is 289 g/mol. The molecule has 1 heterocycles. The first-order chi connectivity index (χ1) is 10.7. The van der Waals surface area contributed by atoms with Crippen LogP contribution in [-0.2, 0) is 0 Å². The van der Waals surface area contributed by atoms with Crippen LogP contribution in [0.25, 0.3) is 5.69 Å². The summed E-state index contributed by atoms with van der Waals surface area (Å²) in [4.78, 5) is 24.9. The van der Waals surface area contributed by atoms with E-state index in [0.29, 0.717) is 16.8 Å². The van der Waals surface area contributed by atoms with Gasteiger partial charge < -0.3 is 0 Å². The van der Waals surface area contributed by atoms with Gasteiger partial charge >= 0.3 is 0 Å². The van der Waals surface area contributed by atoms with E-state index >= 15 is 0 Å². The molecule has 0 aliphatic heterocycles. The van der Waals surface area contributed by atoms with E-state index in [0.717, 1.165) is 5.69 Å². The second kappa shape index (κ2) is 5.82. The van der Waals surface area contributed by atoms with Crippen molar-refractivity contribution in [1.82, 2.24) is 4.57 Å². The van der Waals surface area contributed by atoms with Crippen molar-refractivity contribution in [2.75, 3.05) is 0 Å². The molecule has 0 aliphatic rings. The van der Waals surface area contributed by atoms with Gasteiger partial charge in [0.15, 0.2) is 5.78 Å². The van der Waals surface area contributed by atoms with Crippen LogP contribution in [0.2, 0.25) is 0 Å². The van der Waals surface area contributed by atoms with Gasteiger partial charge in [-0.05, 0) is 25.1 Å². The highest BCUT2D eigenvalue weighted by Gasteiger charge is 2.15. The van der Waals surface area contributed by atoms with Crippen LogP contribution in [0.1, 0.15) is 21.6 Å². The van der Waals surface area contributed by atoms with Crippen molar-refractivity contribution < 1.29 is 4.79 Å². The summed E-state index contributed by atoms with van der Waals surface area (Å²) in [5.74, 6) is -0.0808. The average molecular weight is 289 g/mol. The molecule has 0 saturated carbocycles. The van der Waals surface area contributed by atoms with Crippen LogP contribution in [-0.4, -0.2) is 10.4 Å². The molecular weight excluding hydrogens is 274 g/mol. The molecule has 0 saturated heterocycles. The van der Waals surface area contributed by atoms with Gasteiger partial charge in [0.05, 0.1) is 0 Å². The van der Waals surface area contributed by atoms with Crippen molar-refractivity contribution in [1.29, 1.82) is 0 Å². The number of pyridine rings is 1. The molecule has 0 bridgehead atoms. The fourth-order valence-corrected chi connectivity index (χ4v) is 2.52. The molecule has 0 amide bonds. The quantitative estimate of drug-likeness (QED) is 0.693. The molecule has 3 heteroatoms. The third kappa shape index (κ3) is 2.49. The van der Waals surface area contributed by atoms with Gasteiger partial charge in [-0.25, -0.2) is 0 Å². The first-order valence-electron chi connectivity index (χ1n) is 7.06. The van der Waals surface area contributed by atoms with E-state index in [9.17, 15) is 9.59 Å². The van der Waals surface area contributed by atoms with Crippen LogP contribution < -0.4 is 5.56 Å². The van der Waals surface area contributed by atoms with Gasteiger partial charge in [0.1, 0.15) is 0 Å². The summed E-state index contributed by atoms with van der Waals surface area (Å²) in [6.07, 6.45) is 0. The molecule has 0 atom stereocenters. The molecule has 0 spiro atoms. The number of carbonyl (C=O) groups is 1. The van der Waals surface area contributed by atoms with E-state index in [2.05, 4.69) is 0 Å². The maximum atomic E-state index is 12.6. The topological polar surface area (TPSA) is 39.1 Å². The normalized spacial score (nSPS) is 10.4. The lowest BCUT2D eigenvalue weighted by Gasteiger charge is -2.13. The highest BCUT2D eigenvalue weighted by molar-refractivity contribution is 6.09. The summed E-state index contributed by atoms with van der Waals surface area (Å²) in [5, 5.41) is 0. The van der Waals surface area contributed by atoms with Crippen molar-refractivity contribution in [2.45, 2.75) is 6.92 Å². The van der Waals surface area contributed by atoms with E-state index in [1.165, 1.54) is 6.07 Å². The summed E-state index contributed by atoms with van der Waals surface area (Å²) in [6, 6.07) is 21.5. The van der Waals surface area contributed by atoms with Gasteiger partial charge in [0.2, 0.25) is 0 Å². The highest BCUT2D eigenvalue weighted by atomic mass is 16.1. The Balaban J connectivity index is 2.16. The van der Waals surface area contributed by atoms with Gasteiger partial charge in [-0.1, -0.05) is 48.5 Å². The summed E-state index contributed by atoms with van der Waals surface area (Å²) < 4.78 is 1.57. The third-order valence-corrected chi connectivity index (χ3v) is 3.63. The van der Waals surface area contributed by atoms with Crippen molar-refractivity contribution in [3.05, 3.63) is 100.0 Å². The van der Waals surface area contributed by atoms with Crippen LogP contribution in [0.15, 0.2) is 77.6 Å². The standard InChI is InChI=1S/C19H15NO2/c1-14-17(19(22)15-8-4-2-5-9-15)12-13-18(21)20(14)16-10-6-3-7-11-16/h2-13H,1H3. The van der Waals surface area contributed by atoms with Crippen LogP contribution >= 0.6 is 0 Å². The number of rotatable bonds is 3. The second-order valence-corrected chi connectivity index (χ2v) is 5.04. The molecule has 0 radical (unpaired) electrons. The van der Waals surface area contributed by atoms with Gasteiger partial charge in [0, 0.05) is 28.6 Å². The summed E-state index contributed by atoms with van der Waals surface area (Å²) in [5.41, 5.74) is 2.41. The minimum Gasteiger partial charge on any atom is -0.289 e. The zero-order valence-electron chi connectivity index (χ0n) is 12.2. The Kier molecular flexibility index (Phi) is 3.71. The van der Waals surface area contributed by atoms with Crippen molar-refractivity contribution in [3.63, 3.8) is 0 Å². The highest BCUT2D eigenvalue weighted by Crippen LogP contribution is 2.15. The lowest BCUT2D eigenvalue weighted by Crippen LogP contribution is -2.22. The minimum atomic E-state index is -0.145. The number of hydrogen-bond donors (Lipinski definition) is 0. The number of nitrogens with zero attached hydrogens (tertiary/aromatic N) is 1. The fraction of sp³-hybridized carbons (Fsp3) is 0.0526. The molecule has 0 aliphatic carbocycles. The van der Waals surface area contributed by atoms with Crippen LogP contribution in [0.4, 0.5) is 0 Å². The van der Waals surface area contributed by atoms with Crippen LogP contribution in [0.3, 0.4) is 0 Å². The molecule has 2 aromatic carbocycles. The molecule has 0 N–H and O–H groups in total. The third-order valence-electron chi connectivity index (χ3n) is 3.63. The number of ketones is 1. The molecule has 3 rings (SSSR count). The van der Waals surface area contributed by atoms with Crippen molar-refractivity contribution in [3.8, 4) is 5.69 Å². The zero-order chi connectivity index (χ0) is 15.5. The fourth-order valence-electron chi connectivity index (χ4n) is 2.52. The number of aromatic nitrogens is 1. The van der Waals surface area contributed by atoms with E-state index in [4.69, 9.17) is 0 Å². The first-order valence-corrected chi connectivity index (χ1v) is 7.06. The van der Waals surface area contributed by atoms with Gasteiger partial charge in [0.25, 0.3) is 5.56 Å². The van der Waals surface area contributed by atoms with E-state index in [-0.39, 0.29) is 11.3 Å². The zero-order valence-corrected chi connectivity index (χ0v) is 12.2. The Bertz CT molecular complexity index is 865. The summed E-state index contributed by atoms with van der Waals surface area (Å²) in [6.45, 7) is 1.80. The predicted octanol–water partition coefficient (Wildman–Crippen LogP) is 3.38. The Hall–Kier alpha value is -2.94. The van der Waals surface area contributed by atoms with Gasteiger partial charge in [-0.15, -0.1) is 0 Å². The maximum Gasteiger partial charge on any atom is 0.255 e. The van der Waals surface area contributed by atoms with Crippen molar-refractivity contribution >= 4 is 5.78 Å². The average Bonchev–Trinajstić information content (AvgIpc) is 2.56. The Labute approximate surface area is 128 Å². The molecule has 108 valence electrons. The van der Waals surface area contributed by atoms with E-state index in [1.807, 2.05) is 48.5 Å². The Morgan fingerprint density at radius 2 is 1.41 bits per heavy atom. The largest absolute Gasteiger partial charge is 0.289 e. The van der Waals surface area contributed by atoms with Gasteiger partial charge in [-0.3, -0.25) is 14.2 Å². The molecule has 3 aromatic rings. The number of benzene rings is 2. The smallest absolute Gasteiger partial charge is 0.255 e. The lowest BCUT2D eigenvalue weighted by molar-refractivity contribution is 0.103. The number of carbonyl (C=O) groups excluding carboxylic acids is 1. The SMILES string of the molecule is Cc1c(C(=O)c2ccccc2)ccc(=O)n1-c1ccccc1. The molecule has 3 nitrogen and oxygen atoms in total. The Morgan fingerprint density at radius 1 is 0.818 bits per heavy atom. The molecular formula is C19H15NO2. The molecule has 22 heavy (non-hydrogen) atoms. The van der Waals surface area contributed by atoms with Crippen molar-refractivity contribution in [2.24, 2.45) is 0 Å². The van der Waals surface area contributed by atoms with E-state index < -0.39 is 0 Å². The maximum absolute atomic E-state index is 12.6. The first kappa shape index (κ1) is 14.0. The predicted molar refractivity (Wildman–Crippen MR) is 86.7 cm³/mol. The second-order valence-electron chi connectivity index (χ2n) is 5.04. The molecule has 1 aromatic heterocycles. The lowest BCUT2D eigenvalue weighted by atomic mass is 10.0. The van der Waals surface area contributed by atoms with E-state index in [1.54, 1.807) is 29.7 Å². The molecule has 0 fully saturated rings. The number of hydrogen-bond acceptors (Lipinski definition) is 2. The Morgan fingerprint density at radius 3 is 2.05 bits per heavy atom. The van der Waals surface area contributed by atoms with Gasteiger partial charge in [-0.2, -0.15) is 0 Å². The van der Waals surface area contributed by atoms with Crippen LogP contribution in [0, 0.1) is 6.92 Å². The van der Waals surface area contributed by atoms with Crippen LogP contribution in [0.5, 0.6) is 0 Å². The molecule has 0 unspecified atom stereocenters. The summed E-state index contributed by atoms with van der Waals surface area (Å²) in [7, 11) is 0.